The predicted octanol–water partition coefficient (Wildman–Crippen LogP) is 1.91. The quantitative estimate of drug-likeness (QED) is 0.640. The highest BCUT2D eigenvalue weighted by atomic mass is 16.5. The third-order valence-corrected chi connectivity index (χ3v) is 5.03. The van der Waals surface area contributed by atoms with Crippen LogP contribution in [-0.2, 0) is 9.53 Å². The second-order valence-corrected chi connectivity index (χ2v) is 6.98. The van der Waals surface area contributed by atoms with Gasteiger partial charge in [-0.2, -0.15) is 0 Å². The second kappa shape index (κ2) is 9.05. The third-order valence-electron chi connectivity index (χ3n) is 5.03. The molecule has 1 atom stereocenters. The molecular formula is C19H27N3O5. The molecule has 1 heterocycles. The highest BCUT2D eigenvalue weighted by molar-refractivity contribution is 5.91. The van der Waals surface area contributed by atoms with E-state index in [2.05, 4.69) is 10.6 Å². The lowest BCUT2D eigenvalue weighted by atomic mass is 9.85. The summed E-state index contributed by atoms with van der Waals surface area (Å²) in [6, 6.07) is 7.32. The van der Waals surface area contributed by atoms with Gasteiger partial charge in [0.2, 0.25) is 0 Å². The summed E-state index contributed by atoms with van der Waals surface area (Å²) in [5, 5.41) is 14.7. The highest BCUT2D eigenvalue weighted by Crippen LogP contribution is 2.28. The summed E-state index contributed by atoms with van der Waals surface area (Å²) in [6.07, 6.45) is 2.37. The van der Waals surface area contributed by atoms with Crippen LogP contribution in [0.25, 0.3) is 0 Å². The minimum Gasteiger partial charge on any atom is -0.486 e. The van der Waals surface area contributed by atoms with Crippen molar-refractivity contribution in [3.63, 3.8) is 0 Å². The van der Waals surface area contributed by atoms with Crippen LogP contribution in [0.2, 0.25) is 0 Å². The van der Waals surface area contributed by atoms with Gasteiger partial charge in [0.05, 0.1) is 25.4 Å². The monoisotopic (exact) mass is 377 g/mol. The van der Waals surface area contributed by atoms with Gasteiger partial charge in [0.15, 0.2) is 0 Å². The molecule has 1 saturated carbocycles. The van der Waals surface area contributed by atoms with Crippen LogP contribution < -0.4 is 15.4 Å². The van der Waals surface area contributed by atoms with Crippen LogP contribution in [0.4, 0.5) is 10.5 Å². The Labute approximate surface area is 158 Å². The van der Waals surface area contributed by atoms with Gasteiger partial charge in [-0.15, -0.1) is 0 Å². The summed E-state index contributed by atoms with van der Waals surface area (Å²) < 4.78 is 11.2. The summed E-state index contributed by atoms with van der Waals surface area (Å²) in [6.45, 7) is 3.93. The van der Waals surface area contributed by atoms with Gasteiger partial charge in [0.1, 0.15) is 11.9 Å². The van der Waals surface area contributed by atoms with Gasteiger partial charge in [-0.05, 0) is 31.5 Å². The van der Waals surface area contributed by atoms with Crippen molar-refractivity contribution in [2.45, 2.75) is 44.4 Å². The number of hydrogen-bond donors (Lipinski definition) is 3. The minimum absolute atomic E-state index is 0.0117. The molecule has 1 saturated heterocycles. The molecule has 0 bridgehead atoms. The van der Waals surface area contributed by atoms with Crippen molar-refractivity contribution in [2.75, 3.05) is 31.6 Å². The fourth-order valence-electron chi connectivity index (χ4n) is 3.48. The Morgan fingerprint density at radius 2 is 2.11 bits per heavy atom. The van der Waals surface area contributed by atoms with E-state index in [0.29, 0.717) is 31.2 Å². The van der Waals surface area contributed by atoms with Crippen molar-refractivity contribution in [3.05, 3.63) is 24.3 Å². The summed E-state index contributed by atoms with van der Waals surface area (Å²) >= 11 is 0. The van der Waals surface area contributed by atoms with Crippen molar-refractivity contribution < 1.29 is 24.2 Å². The summed E-state index contributed by atoms with van der Waals surface area (Å²) in [5.41, 5.74) is 0.624. The van der Waals surface area contributed by atoms with Crippen molar-refractivity contribution in [1.29, 1.82) is 0 Å². The van der Waals surface area contributed by atoms with E-state index in [1.807, 2.05) is 30.0 Å². The van der Waals surface area contributed by atoms with Crippen LogP contribution in [0.5, 0.6) is 5.75 Å². The summed E-state index contributed by atoms with van der Waals surface area (Å²) in [4.78, 5) is 25.1. The van der Waals surface area contributed by atoms with Gasteiger partial charge in [0.25, 0.3) is 0 Å². The number of anilines is 1. The Hall–Kier alpha value is -2.32. The zero-order chi connectivity index (χ0) is 19.2. The first kappa shape index (κ1) is 19.4. The predicted molar refractivity (Wildman–Crippen MR) is 100 cm³/mol. The van der Waals surface area contributed by atoms with Crippen molar-refractivity contribution in [1.82, 2.24) is 10.2 Å². The summed E-state index contributed by atoms with van der Waals surface area (Å²) in [7, 11) is 0. The van der Waals surface area contributed by atoms with E-state index in [1.54, 1.807) is 6.07 Å². The molecule has 3 rings (SSSR count). The van der Waals surface area contributed by atoms with Crippen molar-refractivity contribution in [3.8, 4) is 5.75 Å². The Morgan fingerprint density at radius 1 is 1.33 bits per heavy atom. The van der Waals surface area contributed by atoms with E-state index in [4.69, 9.17) is 14.6 Å². The van der Waals surface area contributed by atoms with Gasteiger partial charge in [-0.1, -0.05) is 19.1 Å². The number of hydrogen-bond acceptors (Lipinski definition) is 5. The maximum atomic E-state index is 12.3. The maximum absolute atomic E-state index is 12.3. The fourth-order valence-corrected chi connectivity index (χ4v) is 3.48. The number of para-hydroxylation sites is 2. The van der Waals surface area contributed by atoms with Gasteiger partial charge in [-0.25, -0.2) is 4.79 Å². The molecule has 0 spiro atoms. The number of nitrogens with zero attached hydrogens (tertiary/aromatic N) is 1. The van der Waals surface area contributed by atoms with Gasteiger partial charge < -0.3 is 25.2 Å². The van der Waals surface area contributed by atoms with Gasteiger partial charge >= 0.3 is 12.0 Å². The third kappa shape index (κ3) is 5.33. The topological polar surface area (TPSA) is 100 Å². The fraction of sp³-hybridized carbons (Fsp3) is 0.579. The van der Waals surface area contributed by atoms with Gasteiger partial charge in [0, 0.05) is 18.5 Å². The number of carboxylic acid groups (broad SMARTS) is 1. The Morgan fingerprint density at radius 3 is 2.78 bits per heavy atom. The average molecular weight is 377 g/mol. The Kier molecular flexibility index (Phi) is 6.52. The number of rotatable bonds is 8. The number of urea groups is 1. The van der Waals surface area contributed by atoms with E-state index in [-0.39, 0.29) is 30.8 Å². The molecule has 1 unspecified atom stereocenters. The summed E-state index contributed by atoms with van der Waals surface area (Å²) in [5.74, 6) is -0.191. The second-order valence-electron chi connectivity index (χ2n) is 6.98. The molecule has 0 radical (unpaired) electrons. The number of nitrogens with one attached hydrogen (secondary N) is 2. The number of ether oxygens (including phenoxy) is 2. The average Bonchev–Trinajstić information content (AvgIpc) is 3.10. The lowest BCUT2D eigenvalue weighted by Gasteiger charge is -2.42. The molecule has 0 aromatic heterocycles. The Bertz CT molecular complexity index is 657. The first-order valence-corrected chi connectivity index (χ1v) is 9.42. The smallest absolute Gasteiger partial charge is 0.319 e. The molecule has 3 N–H and O–H groups in total. The lowest BCUT2D eigenvalue weighted by molar-refractivity contribution is -0.139. The van der Waals surface area contributed by atoms with E-state index in [9.17, 15) is 9.59 Å². The maximum Gasteiger partial charge on any atom is 0.319 e. The molecule has 1 aliphatic carbocycles. The molecule has 8 heteroatoms. The normalized spacial score (nSPS) is 24.3. The number of carboxylic acids is 1. The zero-order valence-electron chi connectivity index (χ0n) is 15.5. The number of likely N-dealkylation sites (N-methyl/N-ethyl adjacent to an activating group) is 1. The molecule has 148 valence electrons. The van der Waals surface area contributed by atoms with E-state index < -0.39 is 5.97 Å². The first-order chi connectivity index (χ1) is 13.0. The Balaban J connectivity index is 1.47. The van der Waals surface area contributed by atoms with Gasteiger partial charge in [-0.3, -0.25) is 9.69 Å². The molecule has 27 heavy (non-hydrogen) atoms. The largest absolute Gasteiger partial charge is 0.486 e. The van der Waals surface area contributed by atoms with Crippen LogP contribution in [0.3, 0.4) is 0 Å². The number of benzene rings is 1. The van der Waals surface area contributed by atoms with E-state index in [0.717, 1.165) is 19.3 Å². The standard InChI is InChI=1S/C19H27N3O5/c1-2-22(11-18(23)24)14-9-13(10-14)20-19(25)21-16-5-3-4-6-17(16)27-15-7-8-26-12-15/h3-6,13-15H,2,7-12H2,1H3,(H,23,24)(H2,20,21,25). The van der Waals surface area contributed by atoms with Crippen LogP contribution >= 0.6 is 0 Å². The molecule has 1 aliphatic heterocycles. The van der Waals surface area contributed by atoms with Crippen molar-refractivity contribution >= 4 is 17.7 Å². The molecule has 1 aromatic rings. The molecule has 2 aliphatic rings. The molecule has 1 aromatic carbocycles. The minimum atomic E-state index is -0.824. The number of carbonyl (C=O) groups excluding carboxylic acids is 1. The first-order valence-electron chi connectivity index (χ1n) is 9.42. The zero-order valence-corrected chi connectivity index (χ0v) is 15.5. The van der Waals surface area contributed by atoms with Crippen molar-refractivity contribution in [2.24, 2.45) is 0 Å². The number of aliphatic carboxylic acids is 1. The molecule has 8 nitrogen and oxygen atoms in total. The van der Waals surface area contributed by atoms with Crippen LogP contribution in [0.15, 0.2) is 24.3 Å². The van der Waals surface area contributed by atoms with Crippen LogP contribution in [-0.4, -0.2) is 66.5 Å². The molecule has 2 fully saturated rings. The van der Waals surface area contributed by atoms with Crippen LogP contribution in [0, 0.1) is 0 Å². The SMILES string of the molecule is CCN(CC(=O)O)C1CC(NC(=O)Nc2ccccc2OC2CCOC2)C1. The van der Waals surface area contributed by atoms with E-state index >= 15 is 0 Å². The lowest BCUT2D eigenvalue weighted by Crippen LogP contribution is -2.55. The van der Waals surface area contributed by atoms with Crippen LogP contribution in [0.1, 0.15) is 26.2 Å². The number of carbonyl (C=O) groups is 2. The molecular weight excluding hydrogens is 350 g/mol. The number of amides is 2. The van der Waals surface area contributed by atoms with E-state index in [1.165, 1.54) is 0 Å². The highest BCUT2D eigenvalue weighted by Gasteiger charge is 2.34. The molecule has 2 amide bonds.